The van der Waals surface area contributed by atoms with Gasteiger partial charge in [0, 0.05) is 6.54 Å². The van der Waals surface area contributed by atoms with Crippen molar-refractivity contribution >= 4 is 5.78 Å². The van der Waals surface area contributed by atoms with Gasteiger partial charge in [0.2, 0.25) is 0 Å². The minimum Gasteiger partial charge on any atom is -0.300 e. The molecule has 0 aromatic carbocycles. The van der Waals surface area contributed by atoms with Crippen LogP contribution in [0.15, 0.2) is 11.6 Å². The Balaban J connectivity index is 3.97. The van der Waals surface area contributed by atoms with Crippen LogP contribution >= 0.6 is 0 Å². The van der Waals surface area contributed by atoms with Crippen LogP contribution in [0.4, 0.5) is 0 Å². The van der Waals surface area contributed by atoms with Crippen molar-refractivity contribution in [3.05, 3.63) is 11.6 Å². The van der Waals surface area contributed by atoms with Gasteiger partial charge in [-0.05, 0) is 33.0 Å². The van der Waals surface area contributed by atoms with Crippen molar-refractivity contribution in [2.24, 2.45) is 0 Å². The highest BCUT2D eigenvalue weighted by Gasteiger charge is 1.99. The fourth-order valence-electron chi connectivity index (χ4n) is 1.19. The van der Waals surface area contributed by atoms with E-state index in [4.69, 9.17) is 0 Å². The smallest absolute Gasteiger partial charge is 0.152 e. The summed E-state index contributed by atoms with van der Waals surface area (Å²) in [6.07, 6.45) is 1.71. The number of likely N-dealkylation sites (N-methyl/N-ethyl adjacent to an activating group) is 1. The predicted molar refractivity (Wildman–Crippen MR) is 52.2 cm³/mol. The third kappa shape index (κ3) is 5.08. The lowest BCUT2D eigenvalue weighted by Crippen LogP contribution is -2.24. The standard InChI is InChI=1S/C10H19NO/c1-5-11(6-2)8-9(3)7-10(4)12/h7H,5-6,8H2,1-4H3/b9-7+. The molecule has 0 saturated carbocycles. The Kier molecular flexibility index (Phi) is 5.64. The highest BCUT2D eigenvalue weighted by molar-refractivity contribution is 5.87. The van der Waals surface area contributed by atoms with Crippen molar-refractivity contribution in [2.45, 2.75) is 27.7 Å². The van der Waals surface area contributed by atoms with E-state index in [2.05, 4.69) is 18.7 Å². The Labute approximate surface area is 75.3 Å². The van der Waals surface area contributed by atoms with Gasteiger partial charge in [0.05, 0.1) is 0 Å². The zero-order valence-electron chi connectivity index (χ0n) is 8.55. The fourth-order valence-corrected chi connectivity index (χ4v) is 1.19. The van der Waals surface area contributed by atoms with Crippen LogP contribution in [0.2, 0.25) is 0 Å². The average Bonchev–Trinajstić information content (AvgIpc) is 1.98. The molecule has 0 unspecified atom stereocenters. The van der Waals surface area contributed by atoms with Crippen molar-refractivity contribution in [2.75, 3.05) is 19.6 Å². The third-order valence-electron chi connectivity index (χ3n) is 1.82. The molecule has 0 spiro atoms. The molecule has 0 aliphatic heterocycles. The van der Waals surface area contributed by atoms with E-state index in [0.717, 1.165) is 25.2 Å². The molecular formula is C10H19NO. The largest absolute Gasteiger partial charge is 0.300 e. The lowest BCUT2D eigenvalue weighted by Gasteiger charge is -2.17. The second-order valence-electron chi connectivity index (χ2n) is 3.06. The molecule has 0 aliphatic rings. The number of allylic oxidation sites excluding steroid dienone is 1. The number of ketones is 1. The molecule has 2 heteroatoms. The molecule has 0 N–H and O–H groups in total. The van der Waals surface area contributed by atoms with Crippen LogP contribution in [0.5, 0.6) is 0 Å². The molecule has 12 heavy (non-hydrogen) atoms. The van der Waals surface area contributed by atoms with Gasteiger partial charge in [0.25, 0.3) is 0 Å². The lowest BCUT2D eigenvalue weighted by molar-refractivity contribution is -0.112. The lowest BCUT2D eigenvalue weighted by atomic mass is 10.2. The van der Waals surface area contributed by atoms with E-state index in [9.17, 15) is 4.79 Å². The van der Waals surface area contributed by atoms with Gasteiger partial charge in [0.1, 0.15) is 0 Å². The van der Waals surface area contributed by atoms with Crippen LogP contribution in [-0.4, -0.2) is 30.3 Å². The maximum atomic E-state index is 10.7. The summed E-state index contributed by atoms with van der Waals surface area (Å²) in [4.78, 5) is 13.0. The molecule has 0 saturated heterocycles. The maximum absolute atomic E-state index is 10.7. The van der Waals surface area contributed by atoms with Crippen molar-refractivity contribution in [3.8, 4) is 0 Å². The van der Waals surface area contributed by atoms with Crippen LogP contribution in [0, 0.1) is 0 Å². The summed E-state index contributed by atoms with van der Waals surface area (Å²) in [5.74, 6) is 0.139. The molecule has 0 radical (unpaired) electrons. The molecule has 0 amide bonds. The molecule has 0 bridgehead atoms. The molecule has 0 atom stereocenters. The zero-order valence-corrected chi connectivity index (χ0v) is 8.55. The van der Waals surface area contributed by atoms with E-state index < -0.39 is 0 Å². The van der Waals surface area contributed by atoms with Gasteiger partial charge in [-0.15, -0.1) is 0 Å². The SMILES string of the molecule is CCN(CC)C/C(C)=C/C(C)=O. The van der Waals surface area contributed by atoms with Crippen molar-refractivity contribution in [1.82, 2.24) is 4.90 Å². The maximum Gasteiger partial charge on any atom is 0.152 e. The summed E-state index contributed by atoms with van der Waals surface area (Å²) in [5, 5.41) is 0. The second kappa shape index (κ2) is 5.95. The first-order valence-corrected chi connectivity index (χ1v) is 4.50. The summed E-state index contributed by atoms with van der Waals surface area (Å²) in [6, 6.07) is 0. The number of carbonyl (C=O) groups excluding carboxylic acids is 1. The van der Waals surface area contributed by atoms with Gasteiger partial charge in [-0.3, -0.25) is 9.69 Å². The predicted octanol–water partition coefficient (Wildman–Crippen LogP) is 1.86. The minimum atomic E-state index is 0.139. The minimum absolute atomic E-state index is 0.139. The highest BCUT2D eigenvalue weighted by Crippen LogP contribution is 1.97. The molecular weight excluding hydrogens is 150 g/mol. The van der Waals surface area contributed by atoms with Gasteiger partial charge in [-0.2, -0.15) is 0 Å². The van der Waals surface area contributed by atoms with Crippen LogP contribution in [-0.2, 0) is 4.79 Å². The normalized spacial score (nSPS) is 12.2. The molecule has 0 heterocycles. The highest BCUT2D eigenvalue weighted by atomic mass is 16.1. The third-order valence-corrected chi connectivity index (χ3v) is 1.82. The van der Waals surface area contributed by atoms with E-state index in [1.54, 1.807) is 13.0 Å². The Morgan fingerprint density at radius 3 is 2.08 bits per heavy atom. The first-order chi connectivity index (χ1) is 5.60. The van der Waals surface area contributed by atoms with Crippen molar-refractivity contribution < 1.29 is 4.79 Å². The quantitative estimate of drug-likeness (QED) is 0.585. The van der Waals surface area contributed by atoms with Crippen LogP contribution in [0.3, 0.4) is 0 Å². The Morgan fingerprint density at radius 1 is 1.25 bits per heavy atom. The molecule has 0 rings (SSSR count). The van der Waals surface area contributed by atoms with Crippen molar-refractivity contribution in [3.63, 3.8) is 0 Å². The fraction of sp³-hybridized carbons (Fsp3) is 0.700. The molecule has 0 aliphatic carbocycles. The summed E-state index contributed by atoms with van der Waals surface area (Å²) in [5.41, 5.74) is 1.14. The molecule has 0 aromatic rings. The average molecular weight is 169 g/mol. The van der Waals surface area contributed by atoms with E-state index in [0.29, 0.717) is 0 Å². The summed E-state index contributed by atoms with van der Waals surface area (Å²) in [7, 11) is 0. The summed E-state index contributed by atoms with van der Waals surface area (Å²) < 4.78 is 0. The van der Waals surface area contributed by atoms with Crippen LogP contribution in [0.1, 0.15) is 27.7 Å². The molecule has 0 fully saturated rings. The van der Waals surface area contributed by atoms with Crippen molar-refractivity contribution in [1.29, 1.82) is 0 Å². The number of hydrogen-bond donors (Lipinski definition) is 0. The van der Waals surface area contributed by atoms with Crippen LogP contribution < -0.4 is 0 Å². The zero-order chi connectivity index (χ0) is 9.56. The summed E-state index contributed by atoms with van der Waals surface area (Å²) >= 11 is 0. The van der Waals surface area contributed by atoms with Gasteiger partial charge in [-0.1, -0.05) is 19.4 Å². The first kappa shape index (κ1) is 11.4. The number of rotatable bonds is 5. The Morgan fingerprint density at radius 2 is 1.75 bits per heavy atom. The van der Waals surface area contributed by atoms with E-state index in [1.165, 1.54) is 0 Å². The monoisotopic (exact) mass is 169 g/mol. The number of carbonyl (C=O) groups is 1. The Hall–Kier alpha value is -0.630. The molecule has 0 aromatic heterocycles. The van der Waals surface area contributed by atoms with E-state index >= 15 is 0 Å². The van der Waals surface area contributed by atoms with E-state index in [-0.39, 0.29) is 5.78 Å². The Bertz CT molecular complexity index is 169. The topological polar surface area (TPSA) is 20.3 Å². The number of nitrogens with zero attached hydrogens (tertiary/aromatic N) is 1. The van der Waals surface area contributed by atoms with E-state index in [1.807, 2.05) is 6.92 Å². The molecule has 70 valence electrons. The number of hydrogen-bond acceptors (Lipinski definition) is 2. The van der Waals surface area contributed by atoms with Gasteiger partial charge in [0.15, 0.2) is 5.78 Å². The van der Waals surface area contributed by atoms with Crippen LogP contribution in [0.25, 0.3) is 0 Å². The first-order valence-electron chi connectivity index (χ1n) is 4.50. The van der Waals surface area contributed by atoms with Gasteiger partial charge < -0.3 is 0 Å². The summed E-state index contributed by atoms with van der Waals surface area (Å²) in [6.45, 7) is 10.8. The van der Waals surface area contributed by atoms with Gasteiger partial charge in [-0.25, -0.2) is 0 Å². The molecule has 2 nitrogen and oxygen atoms in total. The van der Waals surface area contributed by atoms with Gasteiger partial charge >= 0.3 is 0 Å². The second-order valence-corrected chi connectivity index (χ2v) is 3.06.